The summed E-state index contributed by atoms with van der Waals surface area (Å²) in [7, 11) is 0. The van der Waals surface area contributed by atoms with Crippen LogP contribution >= 0.6 is 0 Å². The molecule has 0 fully saturated rings. The second kappa shape index (κ2) is 11.9. The van der Waals surface area contributed by atoms with Gasteiger partial charge in [-0.3, -0.25) is 4.99 Å². The monoisotopic (exact) mass is 629 g/mol. The molecular weight excluding hydrogens is 599 g/mol. The molecule has 0 bridgehead atoms. The van der Waals surface area contributed by atoms with Crippen LogP contribution in [0.25, 0.3) is 65.4 Å². The first-order valence-corrected chi connectivity index (χ1v) is 16.5. The number of nitrogens with two attached hydrogens (primary N) is 1. The first-order chi connectivity index (χ1) is 24.2. The Morgan fingerprint density at radius 3 is 1.98 bits per heavy atom. The lowest BCUT2D eigenvalue weighted by Gasteiger charge is -2.10. The number of hydrogen-bond acceptors (Lipinski definition) is 2. The van der Waals surface area contributed by atoms with Crippen molar-refractivity contribution in [2.75, 3.05) is 0 Å². The third-order valence-corrected chi connectivity index (χ3v) is 9.31. The van der Waals surface area contributed by atoms with Crippen molar-refractivity contribution in [3.8, 4) is 11.1 Å². The van der Waals surface area contributed by atoms with Crippen LogP contribution in [0.4, 0.5) is 0 Å². The maximum absolute atomic E-state index is 6.81. The molecule has 0 aliphatic rings. The van der Waals surface area contributed by atoms with Crippen LogP contribution < -0.4 is 5.73 Å². The molecule has 0 aliphatic heterocycles. The summed E-state index contributed by atoms with van der Waals surface area (Å²) in [5, 5.41) is 9.15. The van der Waals surface area contributed by atoms with Crippen molar-refractivity contribution >= 4 is 65.9 Å². The molecule has 0 aliphatic carbocycles. The molecule has 1 heterocycles. The van der Waals surface area contributed by atoms with Crippen molar-refractivity contribution in [3.63, 3.8) is 0 Å². The number of amidine groups is 2. The fraction of sp³-hybridized carbons (Fsp3) is 0.0222. The van der Waals surface area contributed by atoms with E-state index in [-0.39, 0.29) is 0 Å². The number of benzene rings is 8. The third kappa shape index (κ3) is 5.39. The van der Waals surface area contributed by atoms with Crippen molar-refractivity contribution in [2.24, 2.45) is 15.7 Å². The molecule has 0 saturated heterocycles. The molecule has 0 amide bonds. The Bertz CT molecular complexity index is 2770. The Balaban J connectivity index is 1.12. The summed E-state index contributed by atoms with van der Waals surface area (Å²) >= 11 is 0. The van der Waals surface area contributed by atoms with Crippen LogP contribution in [0, 0.1) is 0 Å². The number of para-hydroxylation sites is 1. The molecule has 4 nitrogen and oxygen atoms in total. The van der Waals surface area contributed by atoms with Crippen LogP contribution in [-0.4, -0.2) is 11.7 Å². The summed E-state index contributed by atoms with van der Waals surface area (Å²) in [5.74, 6) is 1.02. The predicted octanol–water partition coefficient (Wildman–Crippen LogP) is 11.1. The van der Waals surface area contributed by atoms with Crippen LogP contribution in [0.5, 0.6) is 0 Å². The molecule has 49 heavy (non-hydrogen) atoms. The molecular formula is C45H31N3O. The minimum absolute atomic E-state index is 0.417. The van der Waals surface area contributed by atoms with E-state index in [1.807, 2.05) is 24.3 Å². The molecule has 9 aromatic rings. The van der Waals surface area contributed by atoms with E-state index in [9.17, 15) is 0 Å². The molecule has 8 aromatic carbocycles. The highest BCUT2D eigenvalue weighted by Gasteiger charge is 2.13. The molecule has 0 saturated carbocycles. The van der Waals surface area contributed by atoms with E-state index < -0.39 is 0 Å². The standard InChI is InChI=1S/C45H31N3O/c46-44(36-22-19-32-18-21-35(26-38(32)27-36)39-13-7-15-42-43(39)40-12-5-6-14-41(40)49-42)48-45(37-23-20-31-9-2-4-11-34(31)25-37)47-28-29-16-17-30-8-1-3-10-33(30)24-29/h1-27H,28H2,(H2,46,47,48). The fourth-order valence-corrected chi connectivity index (χ4v) is 6.79. The Hall–Kier alpha value is -6.52. The lowest BCUT2D eigenvalue weighted by atomic mass is 9.96. The van der Waals surface area contributed by atoms with E-state index in [1.54, 1.807) is 0 Å². The smallest absolute Gasteiger partial charge is 0.157 e. The molecule has 0 unspecified atom stereocenters. The van der Waals surface area contributed by atoms with Gasteiger partial charge in [0.1, 0.15) is 17.0 Å². The predicted molar refractivity (Wildman–Crippen MR) is 206 cm³/mol. The van der Waals surface area contributed by atoms with E-state index in [2.05, 4.69) is 140 Å². The maximum atomic E-state index is 6.81. The molecule has 0 spiro atoms. The number of furan rings is 1. The number of rotatable bonds is 5. The van der Waals surface area contributed by atoms with Crippen LogP contribution in [-0.2, 0) is 6.54 Å². The van der Waals surface area contributed by atoms with Gasteiger partial charge in [-0.05, 0) is 85.4 Å². The van der Waals surface area contributed by atoms with E-state index in [1.165, 1.54) is 16.2 Å². The van der Waals surface area contributed by atoms with Gasteiger partial charge in [0.2, 0.25) is 0 Å². The number of aliphatic imine (C=N–C) groups is 2. The maximum Gasteiger partial charge on any atom is 0.157 e. The Labute approximate surface area is 283 Å². The van der Waals surface area contributed by atoms with Crippen LogP contribution in [0.1, 0.15) is 16.7 Å². The second-order valence-electron chi connectivity index (χ2n) is 12.4. The second-order valence-corrected chi connectivity index (χ2v) is 12.4. The highest BCUT2D eigenvalue weighted by Crippen LogP contribution is 2.37. The summed E-state index contributed by atoms with van der Waals surface area (Å²) in [4.78, 5) is 10.0. The zero-order valence-electron chi connectivity index (χ0n) is 26.7. The van der Waals surface area contributed by atoms with Crippen LogP contribution in [0.3, 0.4) is 0 Å². The summed E-state index contributed by atoms with van der Waals surface area (Å²) in [5.41, 5.74) is 13.7. The van der Waals surface area contributed by atoms with Crippen LogP contribution in [0.2, 0.25) is 0 Å². The zero-order valence-corrected chi connectivity index (χ0v) is 26.7. The van der Waals surface area contributed by atoms with Gasteiger partial charge < -0.3 is 10.2 Å². The SMILES string of the molecule is N/C(=N\C(=N/Cc1ccc2ccccc2c1)c1ccc2ccccc2c1)c1ccc2ccc(-c3cccc4oc5ccccc5c34)cc2c1. The minimum Gasteiger partial charge on any atom is -0.456 e. The zero-order chi connectivity index (χ0) is 32.7. The van der Waals surface area contributed by atoms with E-state index in [0.29, 0.717) is 18.2 Å². The quantitative estimate of drug-likeness (QED) is 0.152. The normalized spacial score (nSPS) is 12.5. The summed E-state index contributed by atoms with van der Waals surface area (Å²) < 4.78 is 6.17. The highest BCUT2D eigenvalue weighted by atomic mass is 16.3. The van der Waals surface area contributed by atoms with Crippen molar-refractivity contribution in [1.29, 1.82) is 0 Å². The molecule has 232 valence electrons. The first kappa shape index (κ1) is 28.7. The van der Waals surface area contributed by atoms with Crippen molar-refractivity contribution in [3.05, 3.63) is 180 Å². The van der Waals surface area contributed by atoms with Crippen molar-refractivity contribution < 1.29 is 4.42 Å². The van der Waals surface area contributed by atoms with Gasteiger partial charge in [0, 0.05) is 21.9 Å². The first-order valence-electron chi connectivity index (χ1n) is 16.5. The molecule has 9 rings (SSSR count). The van der Waals surface area contributed by atoms with Gasteiger partial charge in [0.05, 0.1) is 6.54 Å². The molecule has 4 heteroatoms. The fourth-order valence-electron chi connectivity index (χ4n) is 6.79. The average Bonchev–Trinajstić information content (AvgIpc) is 3.55. The summed E-state index contributed by atoms with van der Waals surface area (Å²) in [6, 6.07) is 56.8. The van der Waals surface area contributed by atoms with Gasteiger partial charge >= 0.3 is 0 Å². The van der Waals surface area contributed by atoms with Gasteiger partial charge in [0.25, 0.3) is 0 Å². The molecule has 0 radical (unpaired) electrons. The topological polar surface area (TPSA) is 63.9 Å². The van der Waals surface area contributed by atoms with Gasteiger partial charge in [-0.2, -0.15) is 0 Å². The van der Waals surface area contributed by atoms with Gasteiger partial charge in [-0.1, -0.05) is 127 Å². The summed E-state index contributed by atoms with van der Waals surface area (Å²) in [6.45, 7) is 0.485. The number of hydrogen-bond donors (Lipinski definition) is 1. The van der Waals surface area contributed by atoms with E-state index >= 15 is 0 Å². The lowest BCUT2D eigenvalue weighted by molar-refractivity contribution is 0.669. The number of fused-ring (bicyclic) bond motifs is 6. The van der Waals surface area contributed by atoms with Gasteiger partial charge in [-0.25, -0.2) is 4.99 Å². The Kier molecular flexibility index (Phi) is 6.98. The van der Waals surface area contributed by atoms with E-state index in [0.717, 1.165) is 65.9 Å². The van der Waals surface area contributed by atoms with Crippen molar-refractivity contribution in [1.82, 2.24) is 0 Å². The Morgan fingerprint density at radius 2 is 1.14 bits per heavy atom. The highest BCUT2D eigenvalue weighted by molar-refractivity contribution is 6.14. The van der Waals surface area contributed by atoms with Crippen molar-refractivity contribution in [2.45, 2.75) is 6.54 Å². The Morgan fingerprint density at radius 1 is 0.510 bits per heavy atom. The third-order valence-electron chi connectivity index (χ3n) is 9.31. The molecule has 0 atom stereocenters. The van der Waals surface area contributed by atoms with Gasteiger partial charge in [-0.15, -0.1) is 0 Å². The number of nitrogens with zero attached hydrogens (tertiary/aromatic N) is 2. The van der Waals surface area contributed by atoms with Gasteiger partial charge in [0.15, 0.2) is 5.84 Å². The molecule has 1 aromatic heterocycles. The molecule has 2 N–H and O–H groups in total. The average molecular weight is 630 g/mol. The minimum atomic E-state index is 0.417. The van der Waals surface area contributed by atoms with Crippen LogP contribution in [0.15, 0.2) is 178 Å². The summed E-state index contributed by atoms with van der Waals surface area (Å²) in [6.07, 6.45) is 0. The lowest BCUT2D eigenvalue weighted by Crippen LogP contribution is -2.16. The largest absolute Gasteiger partial charge is 0.456 e. The van der Waals surface area contributed by atoms with E-state index in [4.69, 9.17) is 20.1 Å².